The average Bonchev–Trinajstić information content (AvgIpc) is 2.24. The molecule has 15 heavy (non-hydrogen) atoms. The lowest BCUT2D eigenvalue weighted by atomic mass is 9.94. The molecule has 1 unspecified atom stereocenters. The predicted octanol–water partition coefficient (Wildman–Crippen LogP) is 1.04. The molecule has 1 atom stereocenters. The van der Waals surface area contributed by atoms with Crippen LogP contribution in [0.15, 0.2) is 30.3 Å². The van der Waals surface area contributed by atoms with Crippen molar-refractivity contribution in [1.82, 2.24) is 4.90 Å². The third-order valence-electron chi connectivity index (χ3n) is 2.55. The van der Waals surface area contributed by atoms with Crippen LogP contribution in [0.3, 0.4) is 0 Å². The van der Waals surface area contributed by atoms with E-state index in [1.54, 1.807) is 0 Å². The van der Waals surface area contributed by atoms with Crippen molar-refractivity contribution in [2.24, 2.45) is 0 Å². The first-order valence-corrected chi connectivity index (χ1v) is 4.74. The SMILES string of the molecule is O=C(O)CN1C(=O)CC1c1ccccc1. The Labute approximate surface area is 87.1 Å². The number of benzene rings is 1. The lowest BCUT2D eigenvalue weighted by molar-refractivity contribution is -0.155. The van der Waals surface area contributed by atoms with E-state index in [1.165, 1.54) is 4.90 Å². The van der Waals surface area contributed by atoms with Crippen molar-refractivity contribution < 1.29 is 14.7 Å². The molecule has 1 aliphatic rings. The molecule has 1 N–H and O–H groups in total. The Kier molecular flexibility index (Phi) is 2.41. The van der Waals surface area contributed by atoms with Crippen LogP contribution in [0.2, 0.25) is 0 Å². The molecule has 0 bridgehead atoms. The largest absolute Gasteiger partial charge is 0.480 e. The van der Waals surface area contributed by atoms with Crippen LogP contribution in [0.4, 0.5) is 0 Å². The number of carbonyl (C=O) groups is 2. The van der Waals surface area contributed by atoms with Gasteiger partial charge in [0.2, 0.25) is 5.91 Å². The number of nitrogens with zero attached hydrogens (tertiary/aromatic N) is 1. The standard InChI is InChI=1S/C11H11NO3/c13-10-6-9(12(10)7-11(14)15)8-4-2-1-3-5-8/h1-5,9H,6-7H2,(H,14,15). The van der Waals surface area contributed by atoms with Gasteiger partial charge in [0.05, 0.1) is 12.5 Å². The Morgan fingerprint density at radius 2 is 2.07 bits per heavy atom. The van der Waals surface area contributed by atoms with Gasteiger partial charge in [-0.1, -0.05) is 30.3 Å². The third kappa shape index (κ3) is 1.83. The summed E-state index contributed by atoms with van der Waals surface area (Å²) in [5, 5.41) is 8.64. The molecule has 2 rings (SSSR count). The van der Waals surface area contributed by atoms with Crippen molar-refractivity contribution in [3.8, 4) is 0 Å². The maximum atomic E-state index is 11.2. The molecule has 1 heterocycles. The summed E-state index contributed by atoms with van der Waals surface area (Å²) in [6, 6.07) is 9.42. The zero-order valence-electron chi connectivity index (χ0n) is 8.09. The zero-order chi connectivity index (χ0) is 10.8. The summed E-state index contributed by atoms with van der Waals surface area (Å²) in [5.74, 6) is -1.06. The summed E-state index contributed by atoms with van der Waals surface area (Å²) in [6.07, 6.45) is 0.414. The Morgan fingerprint density at radius 3 is 2.60 bits per heavy atom. The first-order valence-electron chi connectivity index (χ1n) is 4.74. The van der Waals surface area contributed by atoms with Crippen molar-refractivity contribution in [2.45, 2.75) is 12.5 Å². The predicted molar refractivity (Wildman–Crippen MR) is 53.1 cm³/mol. The fraction of sp³-hybridized carbons (Fsp3) is 0.273. The van der Waals surface area contributed by atoms with E-state index in [4.69, 9.17) is 5.11 Å². The molecular weight excluding hydrogens is 194 g/mol. The number of hydrogen-bond acceptors (Lipinski definition) is 2. The molecule has 1 aliphatic heterocycles. The number of amides is 1. The summed E-state index contributed by atoms with van der Waals surface area (Å²) in [5.41, 5.74) is 0.998. The van der Waals surface area contributed by atoms with Gasteiger partial charge >= 0.3 is 5.97 Å². The van der Waals surface area contributed by atoms with Gasteiger partial charge in [-0.15, -0.1) is 0 Å². The molecule has 1 aromatic rings. The summed E-state index contributed by atoms with van der Waals surface area (Å²) >= 11 is 0. The van der Waals surface area contributed by atoms with E-state index in [0.29, 0.717) is 6.42 Å². The Morgan fingerprint density at radius 1 is 1.40 bits per heavy atom. The van der Waals surface area contributed by atoms with Crippen LogP contribution in [-0.2, 0) is 9.59 Å². The average molecular weight is 205 g/mol. The molecule has 0 aromatic heterocycles. The molecular formula is C11H11NO3. The summed E-state index contributed by atoms with van der Waals surface area (Å²) in [4.78, 5) is 23.1. The van der Waals surface area contributed by atoms with Gasteiger partial charge in [-0.3, -0.25) is 9.59 Å². The fourth-order valence-electron chi connectivity index (χ4n) is 1.77. The summed E-state index contributed by atoms with van der Waals surface area (Å²) in [6.45, 7) is -0.210. The van der Waals surface area contributed by atoms with Crippen molar-refractivity contribution in [1.29, 1.82) is 0 Å². The fourth-order valence-corrected chi connectivity index (χ4v) is 1.77. The van der Waals surface area contributed by atoms with Crippen LogP contribution >= 0.6 is 0 Å². The maximum Gasteiger partial charge on any atom is 0.323 e. The minimum atomic E-state index is -0.969. The lowest BCUT2D eigenvalue weighted by Gasteiger charge is -2.39. The zero-order valence-corrected chi connectivity index (χ0v) is 8.09. The quantitative estimate of drug-likeness (QED) is 0.750. The number of β-lactam (4-membered cyclic amide) rings is 1. The minimum absolute atomic E-state index is 0.0604. The molecule has 1 amide bonds. The number of rotatable bonds is 3. The molecule has 0 saturated carbocycles. The van der Waals surface area contributed by atoms with E-state index < -0.39 is 5.97 Å². The van der Waals surface area contributed by atoms with E-state index in [1.807, 2.05) is 30.3 Å². The molecule has 4 nitrogen and oxygen atoms in total. The van der Waals surface area contributed by atoms with Crippen LogP contribution in [0, 0.1) is 0 Å². The van der Waals surface area contributed by atoms with E-state index in [0.717, 1.165) is 5.56 Å². The van der Waals surface area contributed by atoms with Gasteiger partial charge < -0.3 is 10.0 Å². The highest BCUT2D eigenvalue weighted by atomic mass is 16.4. The first-order chi connectivity index (χ1) is 7.18. The van der Waals surface area contributed by atoms with Gasteiger partial charge in [0.25, 0.3) is 0 Å². The van der Waals surface area contributed by atoms with Gasteiger partial charge in [-0.2, -0.15) is 0 Å². The summed E-state index contributed by atoms with van der Waals surface area (Å²) < 4.78 is 0. The molecule has 1 saturated heterocycles. The topological polar surface area (TPSA) is 57.6 Å². The smallest absolute Gasteiger partial charge is 0.323 e. The van der Waals surface area contributed by atoms with Gasteiger partial charge in [0.1, 0.15) is 6.54 Å². The van der Waals surface area contributed by atoms with Crippen LogP contribution in [0.5, 0.6) is 0 Å². The lowest BCUT2D eigenvalue weighted by Crippen LogP contribution is -2.48. The van der Waals surface area contributed by atoms with Gasteiger partial charge in [-0.05, 0) is 5.56 Å². The monoisotopic (exact) mass is 205 g/mol. The van der Waals surface area contributed by atoms with E-state index >= 15 is 0 Å². The first kappa shape index (κ1) is 9.71. The number of carboxylic acids is 1. The van der Waals surface area contributed by atoms with E-state index in [2.05, 4.69) is 0 Å². The molecule has 0 spiro atoms. The van der Waals surface area contributed by atoms with Gasteiger partial charge in [0.15, 0.2) is 0 Å². The molecule has 0 aliphatic carbocycles. The molecule has 1 aromatic carbocycles. The van der Waals surface area contributed by atoms with Crippen molar-refractivity contribution in [3.05, 3.63) is 35.9 Å². The van der Waals surface area contributed by atoms with Crippen molar-refractivity contribution >= 4 is 11.9 Å². The highest BCUT2D eigenvalue weighted by molar-refractivity contribution is 5.87. The Bertz CT molecular complexity index is 388. The second-order valence-corrected chi connectivity index (χ2v) is 3.55. The number of aliphatic carboxylic acids is 1. The second-order valence-electron chi connectivity index (χ2n) is 3.55. The van der Waals surface area contributed by atoms with Crippen LogP contribution in [0.25, 0.3) is 0 Å². The number of carboxylic acid groups (broad SMARTS) is 1. The molecule has 1 fully saturated rings. The highest BCUT2D eigenvalue weighted by Gasteiger charge is 2.37. The normalized spacial score (nSPS) is 19.9. The van der Waals surface area contributed by atoms with Crippen LogP contribution < -0.4 is 0 Å². The van der Waals surface area contributed by atoms with Crippen LogP contribution in [-0.4, -0.2) is 28.4 Å². The number of likely N-dealkylation sites (tertiary alicyclic amines) is 1. The van der Waals surface area contributed by atoms with E-state index in [-0.39, 0.29) is 18.5 Å². The number of carbonyl (C=O) groups excluding carboxylic acids is 1. The van der Waals surface area contributed by atoms with Crippen molar-refractivity contribution in [2.75, 3.05) is 6.54 Å². The van der Waals surface area contributed by atoms with Gasteiger partial charge in [-0.25, -0.2) is 0 Å². The Hall–Kier alpha value is -1.84. The van der Waals surface area contributed by atoms with E-state index in [9.17, 15) is 9.59 Å². The Balaban J connectivity index is 2.12. The van der Waals surface area contributed by atoms with Crippen LogP contribution in [0.1, 0.15) is 18.0 Å². The minimum Gasteiger partial charge on any atom is -0.480 e. The van der Waals surface area contributed by atoms with Crippen molar-refractivity contribution in [3.63, 3.8) is 0 Å². The maximum absolute atomic E-state index is 11.2. The molecule has 4 heteroatoms. The molecule has 78 valence electrons. The van der Waals surface area contributed by atoms with Gasteiger partial charge in [0, 0.05) is 0 Å². The third-order valence-corrected chi connectivity index (χ3v) is 2.55. The summed E-state index contributed by atoms with van der Waals surface area (Å²) in [7, 11) is 0. The highest BCUT2D eigenvalue weighted by Crippen LogP contribution is 2.33. The second kappa shape index (κ2) is 3.73. The number of hydrogen-bond donors (Lipinski definition) is 1. The molecule has 0 radical (unpaired) electrons.